The van der Waals surface area contributed by atoms with E-state index in [0.717, 1.165) is 44.6 Å². The molecule has 21 heavy (non-hydrogen) atoms. The Kier molecular flexibility index (Phi) is 4.63. The number of aryl methyl sites for hydroxylation is 1. The van der Waals surface area contributed by atoms with E-state index in [0.29, 0.717) is 12.1 Å². The number of hydrogen-bond donors (Lipinski definition) is 1. The average molecular weight is 289 g/mol. The number of amides is 1. The Hall–Kier alpha value is -1.29. The van der Waals surface area contributed by atoms with E-state index in [1.54, 1.807) is 0 Å². The Labute approximate surface area is 127 Å². The summed E-state index contributed by atoms with van der Waals surface area (Å²) < 4.78 is 2.11. The molecule has 2 fully saturated rings. The fourth-order valence-corrected chi connectivity index (χ4v) is 3.86. The van der Waals surface area contributed by atoms with E-state index in [1.807, 2.05) is 18.3 Å². The van der Waals surface area contributed by atoms with Gasteiger partial charge in [-0.1, -0.05) is 6.92 Å². The molecule has 3 rings (SSSR count). The molecule has 2 unspecified atom stereocenters. The lowest BCUT2D eigenvalue weighted by atomic mass is 9.94. The first-order valence-corrected chi connectivity index (χ1v) is 8.50. The fraction of sp³-hybridized carbons (Fsp3) is 0.706. The van der Waals surface area contributed by atoms with E-state index in [4.69, 9.17) is 0 Å². The number of rotatable bonds is 4. The summed E-state index contributed by atoms with van der Waals surface area (Å²) in [4.78, 5) is 15.1. The van der Waals surface area contributed by atoms with Crippen LogP contribution in [0.2, 0.25) is 0 Å². The van der Waals surface area contributed by atoms with E-state index < -0.39 is 0 Å². The van der Waals surface area contributed by atoms with Gasteiger partial charge in [0.2, 0.25) is 0 Å². The fourth-order valence-electron chi connectivity index (χ4n) is 3.86. The maximum atomic E-state index is 13.0. The summed E-state index contributed by atoms with van der Waals surface area (Å²) in [7, 11) is 0. The first kappa shape index (κ1) is 14.6. The van der Waals surface area contributed by atoms with Crippen molar-refractivity contribution >= 4 is 5.91 Å². The minimum Gasteiger partial charge on any atom is -0.344 e. The van der Waals surface area contributed by atoms with Gasteiger partial charge in [0, 0.05) is 31.4 Å². The standard InChI is InChI=1S/C17H27N3O/c1-2-11-19-12-6-9-16(19)17(21)20-13-4-3-8-15(20)14-7-5-10-18-14/h6,9,12,14-15,18H,2-5,7-8,10-11,13H2,1H3. The summed E-state index contributed by atoms with van der Waals surface area (Å²) in [6.07, 6.45) is 9.09. The van der Waals surface area contributed by atoms with E-state index >= 15 is 0 Å². The Morgan fingerprint density at radius 3 is 3.00 bits per heavy atom. The number of nitrogens with one attached hydrogen (secondary N) is 1. The van der Waals surface area contributed by atoms with Crippen molar-refractivity contribution in [1.29, 1.82) is 0 Å². The largest absolute Gasteiger partial charge is 0.344 e. The molecule has 2 atom stereocenters. The van der Waals surface area contributed by atoms with Crippen LogP contribution in [-0.4, -0.2) is 40.5 Å². The third kappa shape index (κ3) is 3.00. The highest BCUT2D eigenvalue weighted by Crippen LogP contribution is 2.26. The highest BCUT2D eigenvalue weighted by molar-refractivity contribution is 5.93. The zero-order valence-electron chi connectivity index (χ0n) is 13.1. The van der Waals surface area contributed by atoms with Crippen molar-refractivity contribution in [3.8, 4) is 0 Å². The molecule has 1 aromatic rings. The SMILES string of the molecule is CCCn1cccc1C(=O)N1CCCCC1C1CCCN1. The van der Waals surface area contributed by atoms with Crippen molar-refractivity contribution < 1.29 is 4.79 Å². The van der Waals surface area contributed by atoms with Gasteiger partial charge < -0.3 is 14.8 Å². The Balaban J connectivity index is 1.78. The van der Waals surface area contributed by atoms with E-state index in [9.17, 15) is 4.79 Å². The molecule has 0 radical (unpaired) electrons. The highest BCUT2D eigenvalue weighted by atomic mass is 16.2. The molecular formula is C17H27N3O. The van der Waals surface area contributed by atoms with Gasteiger partial charge in [-0.25, -0.2) is 0 Å². The Morgan fingerprint density at radius 2 is 2.24 bits per heavy atom. The topological polar surface area (TPSA) is 37.3 Å². The first-order chi connectivity index (χ1) is 10.3. The van der Waals surface area contributed by atoms with Crippen LogP contribution in [0, 0.1) is 0 Å². The number of carbonyl (C=O) groups excluding carboxylic acids is 1. The molecule has 1 N–H and O–H groups in total. The van der Waals surface area contributed by atoms with Crippen LogP contribution in [0.3, 0.4) is 0 Å². The van der Waals surface area contributed by atoms with Gasteiger partial charge in [0.25, 0.3) is 5.91 Å². The molecule has 0 aliphatic carbocycles. The molecule has 2 saturated heterocycles. The smallest absolute Gasteiger partial charge is 0.270 e. The third-order valence-corrected chi connectivity index (χ3v) is 4.89. The molecule has 116 valence electrons. The van der Waals surface area contributed by atoms with E-state index in [-0.39, 0.29) is 5.91 Å². The predicted molar refractivity (Wildman–Crippen MR) is 84.4 cm³/mol. The quantitative estimate of drug-likeness (QED) is 0.925. The second kappa shape index (κ2) is 6.65. The second-order valence-electron chi connectivity index (χ2n) is 6.35. The lowest BCUT2D eigenvalue weighted by Crippen LogP contribution is -2.52. The molecule has 1 aromatic heterocycles. The van der Waals surface area contributed by atoms with Crippen LogP contribution in [0.5, 0.6) is 0 Å². The molecule has 3 heterocycles. The van der Waals surface area contributed by atoms with E-state index in [2.05, 4.69) is 21.7 Å². The van der Waals surface area contributed by atoms with Crippen LogP contribution in [0.25, 0.3) is 0 Å². The van der Waals surface area contributed by atoms with Crippen molar-refractivity contribution in [3.63, 3.8) is 0 Å². The van der Waals surface area contributed by atoms with Crippen molar-refractivity contribution in [3.05, 3.63) is 24.0 Å². The average Bonchev–Trinajstić information content (AvgIpc) is 3.18. The van der Waals surface area contributed by atoms with Gasteiger partial charge in [0.15, 0.2) is 0 Å². The summed E-state index contributed by atoms with van der Waals surface area (Å²) in [5, 5.41) is 3.60. The predicted octanol–water partition coefficient (Wildman–Crippen LogP) is 2.64. The van der Waals surface area contributed by atoms with Crippen molar-refractivity contribution in [2.24, 2.45) is 0 Å². The van der Waals surface area contributed by atoms with E-state index in [1.165, 1.54) is 19.3 Å². The highest BCUT2D eigenvalue weighted by Gasteiger charge is 2.35. The van der Waals surface area contributed by atoms with Gasteiger partial charge >= 0.3 is 0 Å². The molecule has 2 aliphatic rings. The maximum absolute atomic E-state index is 13.0. The molecule has 2 aliphatic heterocycles. The number of nitrogens with zero attached hydrogens (tertiary/aromatic N) is 2. The number of aromatic nitrogens is 1. The summed E-state index contributed by atoms with van der Waals surface area (Å²) in [5.41, 5.74) is 0.863. The molecule has 0 spiro atoms. The number of hydrogen-bond acceptors (Lipinski definition) is 2. The Bertz CT molecular complexity index is 476. The first-order valence-electron chi connectivity index (χ1n) is 8.50. The van der Waals surface area contributed by atoms with Crippen LogP contribution >= 0.6 is 0 Å². The van der Waals surface area contributed by atoms with Crippen LogP contribution in [0.15, 0.2) is 18.3 Å². The van der Waals surface area contributed by atoms with Crippen LogP contribution in [-0.2, 0) is 6.54 Å². The molecule has 4 nitrogen and oxygen atoms in total. The minimum absolute atomic E-state index is 0.229. The van der Waals surface area contributed by atoms with Gasteiger partial charge in [-0.2, -0.15) is 0 Å². The molecule has 1 amide bonds. The number of carbonyl (C=O) groups is 1. The van der Waals surface area contributed by atoms with Gasteiger partial charge in [-0.05, 0) is 57.2 Å². The summed E-state index contributed by atoms with van der Waals surface area (Å²) >= 11 is 0. The summed E-state index contributed by atoms with van der Waals surface area (Å²) in [5.74, 6) is 0.229. The molecule has 0 bridgehead atoms. The maximum Gasteiger partial charge on any atom is 0.270 e. The molecule has 0 saturated carbocycles. The zero-order chi connectivity index (χ0) is 14.7. The normalized spacial score (nSPS) is 26.2. The van der Waals surface area contributed by atoms with Crippen LogP contribution < -0.4 is 5.32 Å². The lowest BCUT2D eigenvalue weighted by molar-refractivity contribution is 0.0552. The second-order valence-corrected chi connectivity index (χ2v) is 6.35. The monoisotopic (exact) mass is 289 g/mol. The molecular weight excluding hydrogens is 262 g/mol. The van der Waals surface area contributed by atoms with Gasteiger partial charge in [-0.15, -0.1) is 0 Å². The van der Waals surface area contributed by atoms with Gasteiger partial charge in [-0.3, -0.25) is 4.79 Å². The summed E-state index contributed by atoms with van der Waals surface area (Å²) in [6, 6.07) is 4.86. The minimum atomic E-state index is 0.229. The summed E-state index contributed by atoms with van der Waals surface area (Å²) in [6.45, 7) is 5.10. The molecule has 0 aromatic carbocycles. The Morgan fingerprint density at radius 1 is 1.33 bits per heavy atom. The number of likely N-dealkylation sites (tertiary alicyclic amines) is 1. The van der Waals surface area contributed by atoms with Crippen molar-refractivity contribution in [1.82, 2.24) is 14.8 Å². The van der Waals surface area contributed by atoms with Crippen molar-refractivity contribution in [2.75, 3.05) is 13.1 Å². The lowest BCUT2D eigenvalue weighted by Gasteiger charge is -2.39. The molecule has 4 heteroatoms. The van der Waals surface area contributed by atoms with Gasteiger partial charge in [0.05, 0.1) is 0 Å². The van der Waals surface area contributed by atoms with Crippen LogP contribution in [0.4, 0.5) is 0 Å². The van der Waals surface area contributed by atoms with Crippen molar-refractivity contribution in [2.45, 2.75) is 64.1 Å². The number of piperidine rings is 1. The third-order valence-electron chi connectivity index (χ3n) is 4.89. The zero-order valence-corrected chi connectivity index (χ0v) is 13.1. The van der Waals surface area contributed by atoms with Crippen LogP contribution in [0.1, 0.15) is 55.9 Å². The van der Waals surface area contributed by atoms with Gasteiger partial charge in [0.1, 0.15) is 5.69 Å².